The lowest BCUT2D eigenvalue weighted by Crippen LogP contribution is -2.48. The van der Waals surface area contributed by atoms with Crippen LogP contribution in [0.1, 0.15) is 10.6 Å². The molecule has 30 heavy (non-hydrogen) atoms. The van der Waals surface area contributed by atoms with E-state index in [0.29, 0.717) is 6.42 Å². The summed E-state index contributed by atoms with van der Waals surface area (Å²) < 4.78 is 18.3. The molecule has 1 amide bonds. The third-order valence-corrected chi connectivity index (χ3v) is 6.12. The monoisotopic (exact) mass is 425 g/mol. The number of aromatic nitrogens is 1. The van der Waals surface area contributed by atoms with Gasteiger partial charge >= 0.3 is 0 Å². The number of piperazine rings is 1. The summed E-state index contributed by atoms with van der Waals surface area (Å²) in [6, 6.07) is 14.1. The molecule has 1 fully saturated rings. The molecule has 4 rings (SSSR count). The van der Waals surface area contributed by atoms with Gasteiger partial charge in [-0.2, -0.15) is 0 Å². The molecule has 0 spiro atoms. The van der Waals surface area contributed by atoms with E-state index in [2.05, 4.69) is 4.90 Å². The van der Waals surface area contributed by atoms with Gasteiger partial charge in [-0.25, -0.2) is 9.37 Å². The fraction of sp³-hybridized carbons (Fsp3) is 0.304. The average Bonchev–Trinajstić information content (AvgIpc) is 3.23. The summed E-state index contributed by atoms with van der Waals surface area (Å²) in [6.45, 7) is 3.89. The Morgan fingerprint density at radius 1 is 1.07 bits per heavy atom. The fourth-order valence-corrected chi connectivity index (χ4v) is 4.36. The molecule has 1 saturated heterocycles. The van der Waals surface area contributed by atoms with Gasteiger partial charge in [0.05, 0.1) is 25.8 Å². The number of ether oxygens (including phenoxy) is 1. The maximum absolute atomic E-state index is 13.1. The average molecular weight is 426 g/mol. The van der Waals surface area contributed by atoms with Gasteiger partial charge in [0, 0.05) is 37.1 Å². The number of hydrogen-bond acceptors (Lipinski definition) is 5. The first-order chi connectivity index (χ1) is 14.6. The fourth-order valence-electron chi connectivity index (χ4n) is 3.51. The quantitative estimate of drug-likeness (QED) is 0.602. The van der Waals surface area contributed by atoms with Crippen LogP contribution in [0, 0.1) is 5.82 Å². The summed E-state index contributed by atoms with van der Waals surface area (Å²) >= 11 is 1.62. The molecule has 2 heterocycles. The molecule has 0 atom stereocenters. The summed E-state index contributed by atoms with van der Waals surface area (Å²) in [5, 5.41) is 3.05. The van der Waals surface area contributed by atoms with Gasteiger partial charge in [0.25, 0.3) is 0 Å². The van der Waals surface area contributed by atoms with Crippen LogP contribution in [0.2, 0.25) is 0 Å². The first-order valence-electron chi connectivity index (χ1n) is 9.94. The second-order valence-electron chi connectivity index (χ2n) is 7.32. The van der Waals surface area contributed by atoms with Crippen molar-refractivity contribution in [1.82, 2.24) is 14.8 Å². The highest BCUT2D eigenvalue weighted by Gasteiger charge is 2.22. The molecule has 0 unspecified atom stereocenters. The van der Waals surface area contributed by atoms with Gasteiger partial charge in [-0.05, 0) is 42.0 Å². The van der Waals surface area contributed by atoms with Gasteiger partial charge in [0.1, 0.15) is 16.6 Å². The van der Waals surface area contributed by atoms with Crippen molar-refractivity contribution in [2.45, 2.75) is 13.0 Å². The predicted octanol–water partition coefficient (Wildman–Crippen LogP) is 3.84. The number of methoxy groups -OCH3 is 1. The van der Waals surface area contributed by atoms with Crippen molar-refractivity contribution in [2.24, 2.45) is 0 Å². The Morgan fingerprint density at radius 2 is 1.77 bits per heavy atom. The molecule has 0 bridgehead atoms. The van der Waals surface area contributed by atoms with Crippen LogP contribution in [0.3, 0.4) is 0 Å². The number of halogens is 1. The minimum Gasteiger partial charge on any atom is -0.497 e. The topological polar surface area (TPSA) is 45.7 Å². The summed E-state index contributed by atoms with van der Waals surface area (Å²) in [5.41, 5.74) is 2.80. The van der Waals surface area contributed by atoms with Crippen molar-refractivity contribution in [3.05, 3.63) is 70.3 Å². The smallest absolute Gasteiger partial charge is 0.227 e. The highest BCUT2D eigenvalue weighted by molar-refractivity contribution is 7.09. The maximum Gasteiger partial charge on any atom is 0.227 e. The van der Waals surface area contributed by atoms with E-state index in [1.165, 1.54) is 12.1 Å². The zero-order valence-corrected chi connectivity index (χ0v) is 17.7. The van der Waals surface area contributed by atoms with Crippen molar-refractivity contribution in [3.8, 4) is 17.0 Å². The van der Waals surface area contributed by atoms with Crippen molar-refractivity contribution < 1.29 is 13.9 Å². The zero-order valence-electron chi connectivity index (χ0n) is 16.9. The van der Waals surface area contributed by atoms with E-state index < -0.39 is 0 Å². The maximum atomic E-state index is 13.1. The van der Waals surface area contributed by atoms with E-state index in [9.17, 15) is 9.18 Å². The van der Waals surface area contributed by atoms with Crippen LogP contribution >= 0.6 is 11.3 Å². The largest absolute Gasteiger partial charge is 0.497 e. The molecule has 0 radical (unpaired) electrons. The molecule has 0 aliphatic carbocycles. The van der Waals surface area contributed by atoms with Gasteiger partial charge in [-0.3, -0.25) is 9.69 Å². The molecule has 7 heteroatoms. The Morgan fingerprint density at radius 3 is 2.43 bits per heavy atom. The number of carbonyl (C=O) groups is 1. The van der Waals surface area contributed by atoms with Crippen LogP contribution < -0.4 is 4.74 Å². The summed E-state index contributed by atoms with van der Waals surface area (Å²) in [5.74, 6) is 0.714. The Kier molecular flexibility index (Phi) is 6.40. The van der Waals surface area contributed by atoms with Crippen molar-refractivity contribution >= 4 is 17.2 Å². The molecule has 1 aliphatic heterocycles. The number of nitrogens with zero attached hydrogens (tertiary/aromatic N) is 3. The van der Waals surface area contributed by atoms with Crippen LogP contribution in [-0.2, 0) is 17.8 Å². The summed E-state index contributed by atoms with van der Waals surface area (Å²) in [7, 11) is 1.63. The van der Waals surface area contributed by atoms with Crippen molar-refractivity contribution in [2.75, 3.05) is 33.3 Å². The Labute approximate surface area is 179 Å². The van der Waals surface area contributed by atoms with E-state index in [0.717, 1.165) is 60.3 Å². The second kappa shape index (κ2) is 9.36. The molecule has 0 saturated carbocycles. The molecule has 0 N–H and O–H groups in total. The lowest BCUT2D eigenvalue weighted by molar-refractivity contribution is -0.132. The first-order valence-corrected chi connectivity index (χ1v) is 10.8. The van der Waals surface area contributed by atoms with Crippen LogP contribution in [0.15, 0.2) is 53.9 Å². The van der Waals surface area contributed by atoms with E-state index >= 15 is 0 Å². The Bertz CT molecular complexity index is 980. The standard InChI is InChI=1S/C23H24FN3O2S/c1-29-20-8-2-17(3-9-20)14-23(28)27-12-10-26(11-13-27)15-22-25-21(16-30-22)18-4-6-19(24)7-5-18/h2-9,16H,10-15H2,1H3. The predicted molar refractivity (Wildman–Crippen MR) is 116 cm³/mol. The van der Waals surface area contributed by atoms with Crippen molar-refractivity contribution in [1.29, 1.82) is 0 Å². The third kappa shape index (κ3) is 5.04. The van der Waals surface area contributed by atoms with Gasteiger partial charge < -0.3 is 9.64 Å². The zero-order chi connectivity index (χ0) is 20.9. The number of thiazole rings is 1. The molecular formula is C23H24FN3O2S. The number of benzene rings is 2. The summed E-state index contributed by atoms with van der Waals surface area (Å²) in [4.78, 5) is 21.6. The molecular weight excluding hydrogens is 401 g/mol. The van der Waals surface area contributed by atoms with E-state index in [1.807, 2.05) is 34.5 Å². The highest BCUT2D eigenvalue weighted by Crippen LogP contribution is 2.23. The highest BCUT2D eigenvalue weighted by atomic mass is 32.1. The van der Waals surface area contributed by atoms with E-state index in [4.69, 9.17) is 9.72 Å². The van der Waals surface area contributed by atoms with E-state index in [1.54, 1.807) is 30.6 Å². The summed E-state index contributed by atoms with van der Waals surface area (Å²) in [6.07, 6.45) is 0.414. The minimum atomic E-state index is -0.242. The third-order valence-electron chi connectivity index (χ3n) is 5.29. The van der Waals surface area contributed by atoms with Gasteiger partial charge in [0.2, 0.25) is 5.91 Å². The van der Waals surface area contributed by atoms with Gasteiger partial charge in [0.15, 0.2) is 0 Å². The molecule has 156 valence electrons. The molecule has 1 aliphatic rings. The molecule has 1 aromatic heterocycles. The number of rotatable bonds is 6. The van der Waals surface area contributed by atoms with Crippen molar-refractivity contribution in [3.63, 3.8) is 0 Å². The van der Waals surface area contributed by atoms with E-state index in [-0.39, 0.29) is 11.7 Å². The number of hydrogen-bond donors (Lipinski definition) is 0. The van der Waals surface area contributed by atoms with Gasteiger partial charge in [-0.15, -0.1) is 11.3 Å². The SMILES string of the molecule is COc1ccc(CC(=O)N2CCN(Cc3nc(-c4ccc(F)cc4)cs3)CC2)cc1. The van der Waals surface area contributed by atoms with Crippen LogP contribution in [0.4, 0.5) is 4.39 Å². The second-order valence-corrected chi connectivity index (χ2v) is 8.26. The minimum absolute atomic E-state index is 0.160. The normalized spacial score (nSPS) is 14.7. The first kappa shape index (κ1) is 20.5. The Balaban J connectivity index is 1.27. The Hall–Kier alpha value is -2.77. The number of amides is 1. The van der Waals surface area contributed by atoms with Crippen LogP contribution in [0.5, 0.6) is 5.75 Å². The van der Waals surface area contributed by atoms with Gasteiger partial charge in [-0.1, -0.05) is 12.1 Å². The molecule has 2 aromatic carbocycles. The van der Waals surface area contributed by atoms with Crippen LogP contribution in [-0.4, -0.2) is 54.0 Å². The number of carbonyl (C=O) groups excluding carboxylic acids is 1. The lowest BCUT2D eigenvalue weighted by atomic mass is 10.1. The molecule has 3 aromatic rings. The van der Waals surface area contributed by atoms with Crippen LogP contribution in [0.25, 0.3) is 11.3 Å². The lowest BCUT2D eigenvalue weighted by Gasteiger charge is -2.34. The molecule has 5 nitrogen and oxygen atoms in total.